The van der Waals surface area contributed by atoms with E-state index in [1.165, 1.54) is 17.7 Å². The van der Waals surface area contributed by atoms with Gasteiger partial charge in [0.2, 0.25) is 5.82 Å². The Hall–Kier alpha value is -3.40. The van der Waals surface area contributed by atoms with Crippen molar-refractivity contribution in [3.63, 3.8) is 0 Å². The molecule has 10 heteroatoms. The van der Waals surface area contributed by atoms with Gasteiger partial charge in [-0.2, -0.15) is 18.2 Å². The van der Waals surface area contributed by atoms with E-state index in [1.807, 2.05) is 50.3 Å². The van der Waals surface area contributed by atoms with E-state index >= 15 is 0 Å². The molecule has 0 saturated heterocycles. The zero-order valence-electron chi connectivity index (χ0n) is 21.6. The normalized spacial score (nSPS) is 14.1. The van der Waals surface area contributed by atoms with Gasteiger partial charge in [-0.1, -0.05) is 35.9 Å². The second-order valence-electron chi connectivity index (χ2n) is 8.74. The van der Waals surface area contributed by atoms with E-state index in [9.17, 15) is 22.4 Å². The van der Waals surface area contributed by atoms with Crippen molar-refractivity contribution in [2.24, 2.45) is 0 Å². The van der Waals surface area contributed by atoms with Crippen LogP contribution in [-0.2, 0) is 11.0 Å². The first-order valence-corrected chi connectivity index (χ1v) is 13.2. The predicted molar refractivity (Wildman–Crippen MR) is 143 cm³/mol. The number of alkyl halides is 3. The number of likely N-dealkylation sites (N-methyl/N-ethyl adjacent to an activating group) is 1. The molecular formula is C28H29F4N3O2S. The number of aldehydes is 1. The average molecular weight is 548 g/mol. The maximum absolute atomic E-state index is 13.0. The molecule has 4 rings (SSSR count). The van der Waals surface area contributed by atoms with Gasteiger partial charge >= 0.3 is 6.18 Å². The highest BCUT2D eigenvalue weighted by molar-refractivity contribution is 7.98. The predicted octanol–water partition coefficient (Wildman–Crippen LogP) is 8.14. The van der Waals surface area contributed by atoms with Gasteiger partial charge in [-0.3, -0.25) is 0 Å². The Morgan fingerprint density at radius 3 is 2.47 bits per heavy atom. The molecule has 1 atom stereocenters. The molecule has 1 aliphatic carbocycles. The van der Waals surface area contributed by atoms with Crippen molar-refractivity contribution in [1.29, 1.82) is 0 Å². The van der Waals surface area contributed by atoms with E-state index in [4.69, 9.17) is 4.52 Å². The third-order valence-electron chi connectivity index (χ3n) is 6.06. The summed E-state index contributed by atoms with van der Waals surface area (Å²) in [5.41, 5.74) is 2.15. The van der Waals surface area contributed by atoms with Crippen molar-refractivity contribution in [2.45, 2.75) is 50.2 Å². The van der Waals surface area contributed by atoms with Gasteiger partial charge in [0.25, 0.3) is 5.89 Å². The van der Waals surface area contributed by atoms with E-state index in [0.717, 1.165) is 35.4 Å². The molecule has 0 fully saturated rings. The number of carbonyl (C=O) groups is 1. The van der Waals surface area contributed by atoms with Crippen LogP contribution in [0.15, 0.2) is 75.4 Å². The molecule has 2 aromatic carbocycles. The number of halogens is 4. The van der Waals surface area contributed by atoms with Gasteiger partial charge < -0.3 is 14.2 Å². The molecule has 0 amide bonds. The number of anilines is 1. The van der Waals surface area contributed by atoms with Gasteiger partial charge in [-0.15, -0.1) is 11.8 Å². The highest BCUT2D eigenvalue weighted by Crippen LogP contribution is 2.35. The molecule has 5 nitrogen and oxygen atoms in total. The Morgan fingerprint density at radius 1 is 1.13 bits per heavy atom. The summed E-state index contributed by atoms with van der Waals surface area (Å²) >= 11 is 1.54. The number of benzene rings is 2. The van der Waals surface area contributed by atoms with Gasteiger partial charge in [0, 0.05) is 29.5 Å². The molecular weight excluding hydrogens is 518 g/mol. The zero-order chi connectivity index (χ0) is 27.9. The fraction of sp³-hybridized carbons (Fsp3) is 0.321. The highest BCUT2D eigenvalue weighted by Gasteiger charge is 2.31. The Bertz CT molecular complexity index is 1300. The van der Waals surface area contributed by atoms with Gasteiger partial charge in [0.15, 0.2) is 0 Å². The lowest BCUT2D eigenvalue weighted by molar-refractivity contribution is -0.137. The van der Waals surface area contributed by atoms with Crippen molar-refractivity contribution >= 4 is 23.7 Å². The number of hydrogen-bond acceptors (Lipinski definition) is 6. The summed E-state index contributed by atoms with van der Waals surface area (Å²) in [7, 11) is 1.84. The van der Waals surface area contributed by atoms with E-state index in [0.29, 0.717) is 18.4 Å². The molecule has 0 bridgehead atoms. The zero-order valence-corrected chi connectivity index (χ0v) is 22.4. The lowest BCUT2D eigenvalue weighted by Crippen LogP contribution is -2.32. The van der Waals surface area contributed by atoms with Crippen LogP contribution in [0.5, 0.6) is 0 Å². The first kappa shape index (κ1) is 29.2. The van der Waals surface area contributed by atoms with Crippen molar-refractivity contribution in [3.05, 3.63) is 71.6 Å². The molecule has 1 heterocycles. The quantitative estimate of drug-likeness (QED) is 0.169. The van der Waals surface area contributed by atoms with E-state index < -0.39 is 11.7 Å². The second-order valence-corrected chi connectivity index (χ2v) is 9.59. The minimum absolute atomic E-state index is 0.00981. The molecule has 0 radical (unpaired) electrons. The largest absolute Gasteiger partial charge is 0.416 e. The number of aromatic nitrogens is 2. The summed E-state index contributed by atoms with van der Waals surface area (Å²) in [6, 6.07) is 10.0. The maximum Gasteiger partial charge on any atom is 0.416 e. The fourth-order valence-corrected chi connectivity index (χ4v) is 4.36. The van der Waals surface area contributed by atoms with Crippen LogP contribution in [0.4, 0.5) is 23.2 Å². The number of allylic oxidation sites excluding steroid dienone is 4. The van der Waals surface area contributed by atoms with Crippen LogP contribution < -0.4 is 4.90 Å². The standard InChI is InChI=1S/C21H20F3N3O2S.C7H9F/c1-4-16(12-28)27(2)17-11-14(8-9-18(17)30-3)20-25-19(26-29-20)13-6-5-7-15(10-13)21(22,23)24;1-6-2-4-7(8)5-3-6/h5-12,16H,4H2,1-3H3;2,4H,3,5H2,1H3. The number of rotatable bonds is 7. The lowest BCUT2D eigenvalue weighted by Gasteiger charge is -2.27. The third-order valence-corrected chi connectivity index (χ3v) is 6.84. The van der Waals surface area contributed by atoms with E-state index in [-0.39, 0.29) is 29.1 Å². The van der Waals surface area contributed by atoms with Crippen LogP contribution in [0, 0.1) is 0 Å². The summed E-state index contributed by atoms with van der Waals surface area (Å²) < 4.78 is 56.4. The number of hydrogen-bond donors (Lipinski definition) is 0. The molecule has 1 aromatic heterocycles. The van der Waals surface area contributed by atoms with Gasteiger partial charge in [-0.25, -0.2) is 4.39 Å². The third kappa shape index (κ3) is 7.34. The number of carbonyl (C=O) groups excluding carboxylic acids is 1. The van der Waals surface area contributed by atoms with Crippen LogP contribution in [0.3, 0.4) is 0 Å². The fourth-order valence-electron chi connectivity index (χ4n) is 3.75. The van der Waals surface area contributed by atoms with Gasteiger partial charge in [0.1, 0.15) is 12.1 Å². The second kappa shape index (κ2) is 12.9. The summed E-state index contributed by atoms with van der Waals surface area (Å²) in [5, 5.41) is 3.84. The Morgan fingerprint density at radius 2 is 1.89 bits per heavy atom. The van der Waals surface area contributed by atoms with Crippen molar-refractivity contribution in [3.8, 4) is 22.8 Å². The van der Waals surface area contributed by atoms with E-state index in [2.05, 4.69) is 10.1 Å². The summed E-state index contributed by atoms with van der Waals surface area (Å²) in [4.78, 5) is 18.5. The van der Waals surface area contributed by atoms with Crippen molar-refractivity contribution < 1.29 is 26.9 Å². The minimum atomic E-state index is -4.45. The van der Waals surface area contributed by atoms with Gasteiger partial charge in [0.05, 0.1) is 17.3 Å². The number of thioether (sulfide) groups is 1. The van der Waals surface area contributed by atoms with Crippen LogP contribution in [0.1, 0.15) is 38.7 Å². The molecule has 1 aliphatic rings. The number of nitrogens with zero attached hydrogens (tertiary/aromatic N) is 3. The first-order valence-electron chi connectivity index (χ1n) is 12.0. The topological polar surface area (TPSA) is 59.2 Å². The summed E-state index contributed by atoms with van der Waals surface area (Å²) in [6.45, 7) is 3.94. The molecule has 38 heavy (non-hydrogen) atoms. The molecule has 0 spiro atoms. The monoisotopic (exact) mass is 547 g/mol. The Balaban J connectivity index is 0.000000427. The Labute approximate surface area is 223 Å². The molecule has 1 unspecified atom stereocenters. The Kier molecular flexibility index (Phi) is 9.90. The SMILES string of the molecule is CC1=CC=C(F)CC1.CCC(C=O)N(C)c1cc(-c2nc(-c3cccc(C(F)(F)F)c3)no2)ccc1SC. The molecule has 0 N–H and O–H groups in total. The van der Waals surface area contributed by atoms with Crippen molar-refractivity contribution in [1.82, 2.24) is 10.1 Å². The summed E-state index contributed by atoms with van der Waals surface area (Å²) in [5.74, 6) is 0.263. The average Bonchev–Trinajstić information content (AvgIpc) is 3.41. The first-order chi connectivity index (χ1) is 18.1. The molecule has 3 aromatic rings. The lowest BCUT2D eigenvalue weighted by atomic mass is 10.1. The molecule has 0 saturated carbocycles. The van der Waals surface area contributed by atoms with Crippen LogP contribution in [-0.4, -0.2) is 35.8 Å². The maximum atomic E-state index is 13.0. The smallest absolute Gasteiger partial charge is 0.364 e. The molecule has 202 valence electrons. The highest BCUT2D eigenvalue weighted by atomic mass is 32.2. The van der Waals surface area contributed by atoms with Crippen LogP contribution in [0.2, 0.25) is 0 Å². The van der Waals surface area contributed by atoms with E-state index in [1.54, 1.807) is 23.9 Å². The van der Waals surface area contributed by atoms with Crippen molar-refractivity contribution in [2.75, 3.05) is 18.2 Å². The van der Waals surface area contributed by atoms with Crippen LogP contribution >= 0.6 is 11.8 Å². The summed E-state index contributed by atoms with van der Waals surface area (Å²) in [6.07, 6.45) is 3.90. The van der Waals surface area contributed by atoms with Crippen LogP contribution in [0.25, 0.3) is 22.8 Å². The molecule has 0 aliphatic heterocycles. The minimum Gasteiger partial charge on any atom is -0.364 e. The van der Waals surface area contributed by atoms with Gasteiger partial charge in [-0.05, 0) is 62.4 Å².